The first-order valence-electron chi connectivity index (χ1n) is 7.61. The molecule has 1 fully saturated rings. The number of likely N-dealkylation sites (tertiary alicyclic amines) is 1. The van der Waals surface area contributed by atoms with Gasteiger partial charge in [0.05, 0.1) is 18.2 Å². The Morgan fingerprint density at radius 3 is 2.83 bits per heavy atom. The van der Waals surface area contributed by atoms with Crippen LogP contribution in [-0.4, -0.2) is 41.7 Å². The third kappa shape index (κ3) is 4.34. The van der Waals surface area contributed by atoms with Crippen molar-refractivity contribution < 1.29 is 23.8 Å². The van der Waals surface area contributed by atoms with Gasteiger partial charge in [0, 0.05) is 19.2 Å². The SMILES string of the molecule is CCOc1cc(F)ccc1NC(=O)N1CC(C)CC(C(=O)O)C1. The summed E-state index contributed by atoms with van der Waals surface area (Å²) < 4.78 is 18.6. The molecule has 7 heteroatoms. The third-order valence-corrected chi connectivity index (χ3v) is 3.78. The van der Waals surface area contributed by atoms with Gasteiger partial charge in [-0.15, -0.1) is 0 Å². The fourth-order valence-electron chi connectivity index (χ4n) is 2.76. The van der Waals surface area contributed by atoms with Crippen LogP contribution >= 0.6 is 0 Å². The Hall–Kier alpha value is -2.31. The number of hydrogen-bond donors (Lipinski definition) is 2. The summed E-state index contributed by atoms with van der Waals surface area (Å²) in [4.78, 5) is 25.1. The van der Waals surface area contributed by atoms with Crippen LogP contribution < -0.4 is 10.1 Å². The minimum Gasteiger partial charge on any atom is -0.492 e. The van der Waals surface area contributed by atoms with Gasteiger partial charge in [-0.25, -0.2) is 9.18 Å². The van der Waals surface area contributed by atoms with E-state index in [2.05, 4.69) is 5.32 Å². The second kappa shape index (κ2) is 7.30. The van der Waals surface area contributed by atoms with Gasteiger partial charge in [-0.3, -0.25) is 4.79 Å². The number of carbonyl (C=O) groups excluding carboxylic acids is 1. The molecule has 1 aromatic rings. The van der Waals surface area contributed by atoms with Crippen molar-refractivity contribution in [2.45, 2.75) is 20.3 Å². The van der Waals surface area contributed by atoms with E-state index >= 15 is 0 Å². The molecule has 1 aromatic carbocycles. The maximum absolute atomic E-state index is 13.3. The quantitative estimate of drug-likeness (QED) is 0.892. The minimum atomic E-state index is -0.897. The lowest BCUT2D eigenvalue weighted by Gasteiger charge is -2.34. The first kappa shape index (κ1) is 17.1. The number of piperidine rings is 1. The van der Waals surface area contributed by atoms with Gasteiger partial charge < -0.3 is 20.1 Å². The van der Waals surface area contributed by atoms with E-state index in [1.54, 1.807) is 6.92 Å². The molecular formula is C16H21FN2O4. The molecule has 0 spiro atoms. The number of hydrogen-bond acceptors (Lipinski definition) is 3. The topological polar surface area (TPSA) is 78.9 Å². The van der Waals surface area contributed by atoms with E-state index in [-0.39, 0.29) is 18.2 Å². The number of anilines is 1. The fraction of sp³-hybridized carbons (Fsp3) is 0.500. The molecule has 2 amide bonds. The van der Waals surface area contributed by atoms with E-state index in [0.29, 0.717) is 25.3 Å². The molecule has 0 bridgehead atoms. The van der Waals surface area contributed by atoms with Crippen LogP contribution in [0.3, 0.4) is 0 Å². The summed E-state index contributed by atoms with van der Waals surface area (Å²) in [6.07, 6.45) is 0.555. The molecule has 1 heterocycles. The number of aliphatic carboxylic acids is 1. The number of carboxylic acids is 1. The zero-order valence-electron chi connectivity index (χ0n) is 13.2. The van der Waals surface area contributed by atoms with Crippen molar-refractivity contribution in [1.82, 2.24) is 4.90 Å². The molecule has 2 rings (SSSR count). The van der Waals surface area contributed by atoms with Gasteiger partial charge in [-0.2, -0.15) is 0 Å². The molecule has 2 atom stereocenters. The Balaban J connectivity index is 2.10. The van der Waals surface area contributed by atoms with E-state index in [0.717, 1.165) is 0 Å². The Labute approximate surface area is 134 Å². The van der Waals surface area contributed by atoms with Gasteiger partial charge in [-0.1, -0.05) is 6.92 Å². The predicted octanol–water partition coefficient (Wildman–Crippen LogP) is 2.80. The smallest absolute Gasteiger partial charge is 0.321 e. The van der Waals surface area contributed by atoms with Gasteiger partial charge in [0.2, 0.25) is 0 Å². The van der Waals surface area contributed by atoms with Crippen molar-refractivity contribution in [1.29, 1.82) is 0 Å². The monoisotopic (exact) mass is 324 g/mol. The number of carboxylic acid groups (broad SMARTS) is 1. The summed E-state index contributed by atoms with van der Waals surface area (Å²) >= 11 is 0. The summed E-state index contributed by atoms with van der Waals surface area (Å²) in [6, 6.07) is 3.46. The van der Waals surface area contributed by atoms with Crippen LogP contribution in [0.1, 0.15) is 20.3 Å². The number of amides is 2. The molecule has 1 aliphatic rings. The number of nitrogens with zero attached hydrogens (tertiary/aromatic N) is 1. The van der Waals surface area contributed by atoms with E-state index in [9.17, 15) is 14.0 Å². The number of halogens is 1. The van der Waals surface area contributed by atoms with Crippen molar-refractivity contribution in [3.63, 3.8) is 0 Å². The summed E-state index contributed by atoms with van der Waals surface area (Å²) in [5.41, 5.74) is 0.364. The number of benzene rings is 1. The summed E-state index contributed by atoms with van der Waals surface area (Å²) in [6.45, 7) is 4.67. The maximum atomic E-state index is 13.3. The van der Waals surface area contributed by atoms with E-state index in [4.69, 9.17) is 9.84 Å². The number of rotatable bonds is 4. The molecular weight excluding hydrogens is 303 g/mol. The van der Waals surface area contributed by atoms with Crippen LogP contribution in [0.4, 0.5) is 14.9 Å². The highest BCUT2D eigenvalue weighted by Crippen LogP contribution is 2.27. The lowest BCUT2D eigenvalue weighted by molar-refractivity contribution is -0.143. The van der Waals surface area contributed by atoms with Crippen molar-refractivity contribution in [3.8, 4) is 5.75 Å². The van der Waals surface area contributed by atoms with Crippen LogP contribution in [0, 0.1) is 17.7 Å². The molecule has 6 nitrogen and oxygen atoms in total. The summed E-state index contributed by atoms with van der Waals surface area (Å²) in [5.74, 6) is -1.56. The molecule has 126 valence electrons. The van der Waals surface area contributed by atoms with Crippen molar-refractivity contribution >= 4 is 17.7 Å². The van der Waals surface area contributed by atoms with E-state index < -0.39 is 23.7 Å². The first-order chi connectivity index (χ1) is 10.9. The second-order valence-corrected chi connectivity index (χ2v) is 5.78. The molecule has 0 aromatic heterocycles. The average Bonchev–Trinajstić information content (AvgIpc) is 2.49. The first-order valence-corrected chi connectivity index (χ1v) is 7.61. The molecule has 0 radical (unpaired) electrons. The standard InChI is InChI=1S/C16H21FN2O4/c1-3-23-14-7-12(17)4-5-13(14)18-16(22)19-8-10(2)6-11(9-19)15(20)21/h4-5,7,10-11H,3,6,8-9H2,1-2H3,(H,18,22)(H,20,21). The van der Waals surface area contributed by atoms with Crippen molar-refractivity contribution in [3.05, 3.63) is 24.0 Å². The van der Waals surface area contributed by atoms with Crippen LogP contribution in [0.5, 0.6) is 5.75 Å². The van der Waals surface area contributed by atoms with Gasteiger partial charge in [0.25, 0.3) is 0 Å². The zero-order valence-corrected chi connectivity index (χ0v) is 13.2. The normalized spacial score (nSPS) is 20.9. The molecule has 1 aliphatic heterocycles. The fourth-order valence-corrected chi connectivity index (χ4v) is 2.76. The molecule has 0 aliphatic carbocycles. The van der Waals surface area contributed by atoms with Gasteiger partial charge in [0.15, 0.2) is 0 Å². The highest BCUT2D eigenvalue weighted by molar-refractivity contribution is 5.91. The average molecular weight is 324 g/mol. The van der Waals surface area contributed by atoms with E-state index in [1.165, 1.54) is 23.1 Å². The van der Waals surface area contributed by atoms with Crippen LogP contribution in [0.2, 0.25) is 0 Å². The number of ether oxygens (including phenoxy) is 1. The van der Waals surface area contributed by atoms with Crippen molar-refractivity contribution in [2.75, 3.05) is 25.0 Å². The van der Waals surface area contributed by atoms with Gasteiger partial charge in [-0.05, 0) is 31.4 Å². The van der Waals surface area contributed by atoms with Gasteiger partial charge >= 0.3 is 12.0 Å². The Bertz CT molecular complexity index is 593. The second-order valence-electron chi connectivity index (χ2n) is 5.78. The summed E-state index contributed by atoms with van der Waals surface area (Å²) in [5, 5.41) is 11.8. The van der Waals surface area contributed by atoms with Gasteiger partial charge in [0.1, 0.15) is 11.6 Å². The van der Waals surface area contributed by atoms with Crippen molar-refractivity contribution in [2.24, 2.45) is 11.8 Å². The Kier molecular flexibility index (Phi) is 5.41. The van der Waals surface area contributed by atoms with Crippen LogP contribution in [-0.2, 0) is 4.79 Å². The molecule has 2 N–H and O–H groups in total. The lowest BCUT2D eigenvalue weighted by Crippen LogP contribution is -2.47. The highest BCUT2D eigenvalue weighted by Gasteiger charge is 2.32. The van der Waals surface area contributed by atoms with E-state index in [1.807, 2.05) is 6.92 Å². The molecule has 1 saturated heterocycles. The van der Waals surface area contributed by atoms with Crippen LogP contribution in [0.25, 0.3) is 0 Å². The Morgan fingerprint density at radius 2 is 2.17 bits per heavy atom. The maximum Gasteiger partial charge on any atom is 0.321 e. The number of carbonyl (C=O) groups is 2. The molecule has 2 unspecified atom stereocenters. The molecule has 0 saturated carbocycles. The lowest BCUT2D eigenvalue weighted by atomic mass is 9.91. The van der Waals surface area contributed by atoms with Crippen LogP contribution in [0.15, 0.2) is 18.2 Å². The largest absolute Gasteiger partial charge is 0.492 e. The minimum absolute atomic E-state index is 0.107. The highest BCUT2D eigenvalue weighted by atomic mass is 19.1. The Morgan fingerprint density at radius 1 is 1.43 bits per heavy atom. The zero-order chi connectivity index (χ0) is 17.0. The predicted molar refractivity (Wildman–Crippen MR) is 83.1 cm³/mol. The number of nitrogens with one attached hydrogen (secondary N) is 1. The number of urea groups is 1. The molecule has 23 heavy (non-hydrogen) atoms. The third-order valence-electron chi connectivity index (χ3n) is 3.78. The summed E-state index contributed by atoms with van der Waals surface area (Å²) in [7, 11) is 0.